The second-order valence-corrected chi connectivity index (χ2v) is 10.2. The molecule has 1 aromatic heterocycles. The minimum atomic E-state index is -6.09. The first-order valence-electron chi connectivity index (χ1n) is 11.9. The third-order valence-corrected chi connectivity index (χ3v) is 6.78. The van der Waals surface area contributed by atoms with Crippen LogP contribution in [0, 0.1) is 0 Å². The van der Waals surface area contributed by atoms with Crippen molar-refractivity contribution in [2.45, 2.75) is 11.9 Å². The number of halogens is 3. The van der Waals surface area contributed by atoms with Crippen LogP contribution in [0.4, 0.5) is 13.2 Å². The second-order valence-electron chi connectivity index (χ2n) is 8.81. The normalized spacial score (nSPS) is 13.4. The van der Waals surface area contributed by atoms with Gasteiger partial charge >= 0.3 is 11.5 Å². The van der Waals surface area contributed by atoms with Gasteiger partial charge in [-0.2, -0.15) is 17.7 Å². The molecule has 41 heavy (non-hydrogen) atoms. The highest BCUT2D eigenvalue weighted by Crippen LogP contribution is 2.26. The maximum absolute atomic E-state index is 13.3. The monoisotopic (exact) mass is 586 g/mol. The van der Waals surface area contributed by atoms with Crippen LogP contribution in [-0.4, -0.2) is 47.7 Å². The number of imide groups is 1. The Bertz CT molecular complexity index is 1730. The summed E-state index contributed by atoms with van der Waals surface area (Å²) >= 11 is 0. The zero-order valence-corrected chi connectivity index (χ0v) is 22.1. The number of alkyl halides is 3. The van der Waals surface area contributed by atoms with Crippen LogP contribution in [0.3, 0.4) is 0 Å². The predicted molar refractivity (Wildman–Crippen MR) is 139 cm³/mol. The number of pyridine rings is 1. The van der Waals surface area contributed by atoms with E-state index in [1.165, 1.54) is 17.1 Å². The topological polar surface area (TPSA) is 125 Å². The summed E-state index contributed by atoms with van der Waals surface area (Å²) in [7, 11) is -4.11. The Labute approximate surface area is 231 Å². The number of aryl methyl sites for hydroxylation is 1. The van der Waals surface area contributed by atoms with Crippen LogP contribution in [0.15, 0.2) is 84.9 Å². The third-order valence-electron chi connectivity index (χ3n) is 6.22. The molecule has 9 nitrogen and oxygen atoms in total. The minimum Gasteiger partial charge on any atom is -0.741 e. The van der Waals surface area contributed by atoms with Crippen molar-refractivity contribution >= 4 is 49.7 Å². The Morgan fingerprint density at radius 3 is 1.80 bits per heavy atom. The first kappa shape index (κ1) is 29.4. The van der Waals surface area contributed by atoms with Gasteiger partial charge in [0.2, 0.25) is 11.0 Å². The lowest BCUT2D eigenvalue weighted by Gasteiger charge is -2.13. The fraction of sp³-hybridized carbons (Fsp3) is 0.143. The molecular formula is C28H21F3N2O7S. The molecule has 0 fully saturated rings. The van der Waals surface area contributed by atoms with Crippen LogP contribution in [-0.2, 0) is 33.2 Å². The van der Waals surface area contributed by atoms with Crippen LogP contribution < -0.4 is 9.30 Å². The standard InChI is InChI=1S/C27H21N2O4.CHF3O3S/c1-28-22-8-4-2-6-20(22)26(21-7-3-5-9-23(21)28)27(32)33-19-12-10-18(11-13-19)16-17-29-24(30)14-15-25(29)31;2-1(3,4)8(5,6)7/h2-15H,16-17H2,1H3;(H,5,6,7)/q+1;/p-1. The van der Waals surface area contributed by atoms with E-state index in [-0.39, 0.29) is 11.8 Å². The third kappa shape index (κ3) is 6.42. The van der Waals surface area contributed by atoms with E-state index in [1.54, 1.807) is 12.1 Å². The Morgan fingerprint density at radius 1 is 0.878 bits per heavy atom. The van der Waals surface area contributed by atoms with Gasteiger partial charge in [0.25, 0.3) is 11.8 Å². The van der Waals surface area contributed by atoms with Gasteiger partial charge in [-0.3, -0.25) is 14.5 Å². The van der Waals surface area contributed by atoms with Gasteiger partial charge in [-0.15, -0.1) is 0 Å². The van der Waals surface area contributed by atoms with E-state index in [4.69, 9.17) is 17.7 Å². The van der Waals surface area contributed by atoms with Crippen molar-refractivity contribution in [2.75, 3.05) is 6.54 Å². The zero-order valence-electron chi connectivity index (χ0n) is 21.3. The molecule has 0 atom stereocenters. The van der Waals surface area contributed by atoms with Crippen molar-refractivity contribution in [3.05, 3.63) is 96.1 Å². The first-order valence-corrected chi connectivity index (χ1v) is 13.3. The molecule has 3 aromatic carbocycles. The highest BCUT2D eigenvalue weighted by atomic mass is 32.2. The van der Waals surface area contributed by atoms with Gasteiger partial charge in [0, 0.05) is 30.8 Å². The van der Waals surface area contributed by atoms with E-state index in [2.05, 4.69) is 4.57 Å². The van der Waals surface area contributed by atoms with E-state index >= 15 is 0 Å². The summed E-state index contributed by atoms with van der Waals surface area (Å²) < 4.78 is 66.7. The summed E-state index contributed by atoms with van der Waals surface area (Å²) in [6.07, 6.45) is 3.08. The lowest BCUT2D eigenvalue weighted by atomic mass is 10.0. The molecule has 0 unspecified atom stereocenters. The number of esters is 1. The predicted octanol–water partition coefficient (Wildman–Crippen LogP) is 3.56. The number of carbonyl (C=O) groups excluding carboxylic acids is 3. The van der Waals surface area contributed by atoms with Gasteiger partial charge in [0.1, 0.15) is 12.8 Å². The van der Waals surface area contributed by atoms with Crippen molar-refractivity contribution in [3.8, 4) is 5.75 Å². The van der Waals surface area contributed by atoms with E-state index in [1.807, 2.05) is 67.7 Å². The quantitative estimate of drug-likeness (QED) is 0.0666. The van der Waals surface area contributed by atoms with E-state index in [0.29, 0.717) is 24.3 Å². The maximum atomic E-state index is 13.3. The molecule has 1 aliphatic heterocycles. The summed E-state index contributed by atoms with van der Waals surface area (Å²) in [5, 5.41) is 1.66. The average Bonchev–Trinajstić information content (AvgIpc) is 3.24. The summed E-state index contributed by atoms with van der Waals surface area (Å²) in [6, 6.07) is 22.7. The number of ether oxygens (including phenoxy) is 1. The highest BCUT2D eigenvalue weighted by Gasteiger charge is 2.37. The Balaban J connectivity index is 0.000000426. The molecule has 0 saturated heterocycles. The number of aromatic nitrogens is 1. The number of benzene rings is 3. The molecule has 13 heteroatoms. The van der Waals surface area contributed by atoms with E-state index < -0.39 is 21.6 Å². The van der Waals surface area contributed by atoms with Crippen LogP contribution in [0.25, 0.3) is 21.8 Å². The number of amides is 2. The van der Waals surface area contributed by atoms with Gasteiger partial charge in [-0.25, -0.2) is 13.2 Å². The number of fused-ring (bicyclic) bond motifs is 2. The van der Waals surface area contributed by atoms with Crippen LogP contribution in [0.1, 0.15) is 15.9 Å². The summed E-state index contributed by atoms with van der Waals surface area (Å²) in [5.74, 6) is -0.572. The highest BCUT2D eigenvalue weighted by molar-refractivity contribution is 7.86. The largest absolute Gasteiger partial charge is 0.741 e. The first-order chi connectivity index (χ1) is 19.3. The molecule has 0 N–H and O–H groups in total. The zero-order chi connectivity index (χ0) is 29.9. The molecule has 4 aromatic rings. The average molecular weight is 587 g/mol. The lowest BCUT2D eigenvalue weighted by molar-refractivity contribution is -0.617. The van der Waals surface area contributed by atoms with Crippen LogP contribution in [0.5, 0.6) is 5.75 Å². The Kier molecular flexibility index (Phi) is 8.22. The number of nitrogens with zero attached hydrogens (tertiary/aromatic N) is 2. The van der Waals surface area contributed by atoms with Crippen LogP contribution >= 0.6 is 0 Å². The molecule has 212 valence electrons. The molecule has 0 aliphatic carbocycles. The number of hydrogen-bond acceptors (Lipinski definition) is 7. The lowest BCUT2D eigenvalue weighted by Crippen LogP contribution is -2.31. The minimum absolute atomic E-state index is 0.290. The summed E-state index contributed by atoms with van der Waals surface area (Å²) in [4.78, 5) is 37.9. The van der Waals surface area contributed by atoms with Crippen molar-refractivity contribution < 1.29 is 49.8 Å². The molecule has 0 radical (unpaired) electrons. The number of para-hydroxylation sites is 2. The maximum Gasteiger partial charge on any atom is 0.485 e. The molecule has 1 aliphatic rings. The van der Waals surface area contributed by atoms with Gasteiger partial charge in [-0.05, 0) is 36.2 Å². The van der Waals surface area contributed by atoms with E-state index in [9.17, 15) is 27.6 Å². The second kappa shape index (κ2) is 11.5. The Morgan fingerprint density at radius 2 is 1.34 bits per heavy atom. The molecule has 0 bridgehead atoms. The van der Waals surface area contributed by atoms with Gasteiger partial charge in [0.15, 0.2) is 10.1 Å². The van der Waals surface area contributed by atoms with Gasteiger partial charge < -0.3 is 9.29 Å². The van der Waals surface area contributed by atoms with Gasteiger partial charge in [-0.1, -0.05) is 36.4 Å². The smallest absolute Gasteiger partial charge is 0.485 e. The Hall–Kier alpha value is -4.62. The fourth-order valence-electron chi connectivity index (χ4n) is 4.22. The molecule has 0 spiro atoms. The van der Waals surface area contributed by atoms with Crippen molar-refractivity contribution in [1.29, 1.82) is 0 Å². The molecule has 0 saturated carbocycles. The molecule has 5 rings (SSSR count). The van der Waals surface area contributed by atoms with Crippen molar-refractivity contribution in [3.63, 3.8) is 0 Å². The van der Waals surface area contributed by atoms with Crippen molar-refractivity contribution in [2.24, 2.45) is 7.05 Å². The summed E-state index contributed by atoms with van der Waals surface area (Å²) in [6.45, 7) is 0.308. The summed E-state index contributed by atoms with van der Waals surface area (Å²) in [5.41, 5.74) is -2.29. The number of rotatable bonds is 5. The van der Waals surface area contributed by atoms with Crippen molar-refractivity contribution in [1.82, 2.24) is 4.90 Å². The molecule has 2 amide bonds. The molecular weight excluding hydrogens is 565 g/mol. The number of hydrogen-bond donors (Lipinski definition) is 0. The fourth-order valence-corrected chi connectivity index (χ4v) is 4.22. The SMILES string of the molecule is C[n+]1c2ccccc2c(C(=O)Oc2ccc(CCN3C(=O)C=CC3=O)cc2)c2ccccc21.O=S(=O)([O-])C(F)(F)F. The van der Waals surface area contributed by atoms with E-state index in [0.717, 1.165) is 27.4 Å². The number of carbonyl (C=O) groups is 3. The van der Waals surface area contributed by atoms with Gasteiger partial charge in [0.05, 0.1) is 16.3 Å². The van der Waals surface area contributed by atoms with Crippen LogP contribution in [0.2, 0.25) is 0 Å². The molecule has 2 heterocycles.